The molecule has 0 fully saturated rings. The summed E-state index contributed by atoms with van der Waals surface area (Å²) in [5.41, 5.74) is 0.859. The molecular weight excluding hydrogens is 219 g/mol. The van der Waals surface area contributed by atoms with E-state index < -0.39 is 0 Å². The maximum atomic E-state index is 12.4. The van der Waals surface area contributed by atoms with E-state index >= 15 is 0 Å². The average molecular weight is 227 g/mol. The molecule has 2 heteroatoms. The van der Waals surface area contributed by atoms with Gasteiger partial charge in [-0.25, -0.2) is 4.39 Å². The Morgan fingerprint density at radius 2 is 1.92 bits per heavy atom. The lowest BCUT2D eigenvalue weighted by Crippen LogP contribution is -1.76. The molecule has 0 atom stereocenters. The third-order valence-electron chi connectivity index (χ3n) is 1.30. The van der Waals surface area contributed by atoms with Crippen molar-refractivity contribution >= 4 is 15.9 Å². The van der Waals surface area contributed by atoms with Crippen molar-refractivity contribution in [3.05, 3.63) is 35.6 Å². The molecule has 0 bridgehead atoms. The molecular formula is C10H8BrF. The van der Waals surface area contributed by atoms with Crippen LogP contribution >= 0.6 is 15.9 Å². The quantitative estimate of drug-likeness (QED) is 0.511. The van der Waals surface area contributed by atoms with Crippen LogP contribution in [0.25, 0.3) is 0 Å². The first-order valence-corrected chi connectivity index (χ1v) is 4.75. The molecule has 0 amide bonds. The minimum atomic E-state index is -0.221. The van der Waals surface area contributed by atoms with Crippen LogP contribution in [-0.4, -0.2) is 5.33 Å². The fraction of sp³-hybridized carbons (Fsp3) is 0.200. The van der Waals surface area contributed by atoms with Crippen LogP contribution in [0, 0.1) is 17.7 Å². The van der Waals surface area contributed by atoms with Crippen LogP contribution in [0.2, 0.25) is 0 Å². The summed E-state index contributed by atoms with van der Waals surface area (Å²) in [5.74, 6) is 5.66. The lowest BCUT2D eigenvalue weighted by Gasteiger charge is -1.88. The highest BCUT2D eigenvalue weighted by molar-refractivity contribution is 9.09. The maximum Gasteiger partial charge on any atom is 0.123 e. The summed E-state index contributed by atoms with van der Waals surface area (Å²) in [6, 6.07) is 6.18. The highest BCUT2D eigenvalue weighted by Crippen LogP contribution is 2.00. The molecule has 0 aromatic heterocycles. The van der Waals surface area contributed by atoms with Crippen molar-refractivity contribution in [2.24, 2.45) is 0 Å². The first-order chi connectivity index (χ1) is 5.83. The molecule has 0 radical (unpaired) electrons. The van der Waals surface area contributed by atoms with E-state index in [0.29, 0.717) is 0 Å². The summed E-state index contributed by atoms with van der Waals surface area (Å²) >= 11 is 3.27. The molecule has 0 aliphatic carbocycles. The van der Waals surface area contributed by atoms with Gasteiger partial charge >= 0.3 is 0 Å². The molecule has 0 unspecified atom stereocenters. The van der Waals surface area contributed by atoms with Gasteiger partial charge in [0.05, 0.1) is 0 Å². The van der Waals surface area contributed by atoms with Crippen LogP contribution in [0.15, 0.2) is 24.3 Å². The van der Waals surface area contributed by atoms with Crippen molar-refractivity contribution in [1.29, 1.82) is 0 Å². The van der Waals surface area contributed by atoms with Crippen LogP contribution in [0.4, 0.5) is 4.39 Å². The molecule has 0 spiro atoms. The van der Waals surface area contributed by atoms with Gasteiger partial charge < -0.3 is 0 Å². The van der Waals surface area contributed by atoms with E-state index in [1.165, 1.54) is 12.1 Å². The number of alkyl halides is 1. The zero-order valence-electron chi connectivity index (χ0n) is 6.48. The van der Waals surface area contributed by atoms with Gasteiger partial charge in [0.1, 0.15) is 5.82 Å². The van der Waals surface area contributed by atoms with Crippen molar-refractivity contribution < 1.29 is 4.39 Å². The van der Waals surface area contributed by atoms with Crippen LogP contribution in [-0.2, 0) is 0 Å². The smallest absolute Gasteiger partial charge is 0.123 e. The zero-order valence-corrected chi connectivity index (χ0v) is 8.07. The molecule has 1 aromatic rings. The number of hydrogen-bond donors (Lipinski definition) is 0. The lowest BCUT2D eigenvalue weighted by molar-refractivity contribution is 0.627. The highest BCUT2D eigenvalue weighted by Gasteiger charge is 1.87. The van der Waals surface area contributed by atoms with Gasteiger partial charge in [0.25, 0.3) is 0 Å². The fourth-order valence-electron chi connectivity index (χ4n) is 0.745. The Morgan fingerprint density at radius 3 is 2.50 bits per heavy atom. The Morgan fingerprint density at radius 1 is 1.25 bits per heavy atom. The first-order valence-electron chi connectivity index (χ1n) is 3.63. The van der Waals surface area contributed by atoms with Gasteiger partial charge in [0.2, 0.25) is 0 Å². The van der Waals surface area contributed by atoms with Crippen LogP contribution in [0.3, 0.4) is 0 Å². The molecule has 12 heavy (non-hydrogen) atoms. The summed E-state index contributed by atoms with van der Waals surface area (Å²) in [7, 11) is 0. The summed E-state index contributed by atoms with van der Waals surface area (Å²) in [6.45, 7) is 0. The van der Waals surface area contributed by atoms with Crippen molar-refractivity contribution in [1.82, 2.24) is 0 Å². The summed E-state index contributed by atoms with van der Waals surface area (Å²) in [4.78, 5) is 0. The number of halogens is 2. The van der Waals surface area contributed by atoms with Crippen molar-refractivity contribution in [2.45, 2.75) is 6.42 Å². The number of benzene rings is 1. The maximum absolute atomic E-state index is 12.4. The second-order valence-electron chi connectivity index (χ2n) is 2.25. The Balaban J connectivity index is 2.66. The molecule has 0 heterocycles. The molecule has 1 rings (SSSR count). The van der Waals surface area contributed by atoms with Crippen LogP contribution in [0.1, 0.15) is 12.0 Å². The van der Waals surface area contributed by atoms with E-state index in [1.54, 1.807) is 12.1 Å². The molecule has 0 N–H and O–H groups in total. The van der Waals surface area contributed by atoms with E-state index in [0.717, 1.165) is 17.3 Å². The predicted octanol–water partition coefficient (Wildman–Crippen LogP) is 2.96. The molecule has 1 aromatic carbocycles. The van der Waals surface area contributed by atoms with Gasteiger partial charge in [0, 0.05) is 17.3 Å². The molecule has 0 nitrogen and oxygen atoms in total. The molecule has 62 valence electrons. The minimum absolute atomic E-state index is 0.221. The molecule has 0 aliphatic heterocycles. The van der Waals surface area contributed by atoms with Gasteiger partial charge in [0.15, 0.2) is 0 Å². The fourth-order valence-corrected chi connectivity index (χ4v) is 0.943. The number of hydrogen-bond acceptors (Lipinski definition) is 0. The highest BCUT2D eigenvalue weighted by atomic mass is 79.9. The Kier molecular flexibility index (Phi) is 3.83. The van der Waals surface area contributed by atoms with E-state index in [1.807, 2.05) is 0 Å². The standard InChI is InChI=1S/C10H8BrF/c11-8-2-1-3-9-4-6-10(12)7-5-9/h4-7H,2,8H2. The zero-order chi connectivity index (χ0) is 8.81. The van der Waals surface area contributed by atoms with E-state index in [4.69, 9.17) is 0 Å². The van der Waals surface area contributed by atoms with E-state index in [-0.39, 0.29) is 5.82 Å². The van der Waals surface area contributed by atoms with Crippen molar-refractivity contribution in [3.8, 4) is 11.8 Å². The van der Waals surface area contributed by atoms with Crippen molar-refractivity contribution in [2.75, 3.05) is 5.33 Å². The second-order valence-corrected chi connectivity index (χ2v) is 3.04. The second kappa shape index (κ2) is 4.95. The minimum Gasteiger partial charge on any atom is -0.207 e. The van der Waals surface area contributed by atoms with E-state index in [2.05, 4.69) is 27.8 Å². The number of rotatable bonds is 1. The van der Waals surface area contributed by atoms with Gasteiger partial charge in [-0.15, -0.1) is 0 Å². The SMILES string of the molecule is Fc1ccc(C#CCCBr)cc1. The first kappa shape index (κ1) is 9.28. The van der Waals surface area contributed by atoms with Crippen LogP contribution < -0.4 is 0 Å². The third kappa shape index (κ3) is 3.06. The largest absolute Gasteiger partial charge is 0.207 e. The van der Waals surface area contributed by atoms with E-state index in [9.17, 15) is 4.39 Å². The Hall–Kier alpha value is -0.810. The lowest BCUT2D eigenvalue weighted by atomic mass is 10.2. The normalized spacial score (nSPS) is 8.83. The van der Waals surface area contributed by atoms with Crippen molar-refractivity contribution in [3.63, 3.8) is 0 Å². The molecule has 0 aliphatic rings. The predicted molar refractivity (Wildman–Crippen MR) is 51.7 cm³/mol. The topological polar surface area (TPSA) is 0 Å². The Labute approximate surface area is 79.9 Å². The monoisotopic (exact) mass is 226 g/mol. The van der Waals surface area contributed by atoms with Gasteiger partial charge in [-0.1, -0.05) is 27.8 Å². The van der Waals surface area contributed by atoms with Gasteiger partial charge in [-0.2, -0.15) is 0 Å². The average Bonchev–Trinajstić information content (AvgIpc) is 2.09. The summed E-state index contributed by atoms with van der Waals surface area (Å²) < 4.78 is 12.4. The third-order valence-corrected chi connectivity index (χ3v) is 1.69. The van der Waals surface area contributed by atoms with Gasteiger partial charge in [-0.3, -0.25) is 0 Å². The summed E-state index contributed by atoms with van der Waals surface area (Å²) in [5, 5.41) is 0.876. The van der Waals surface area contributed by atoms with Crippen LogP contribution in [0.5, 0.6) is 0 Å². The van der Waals surface area contributed by atoms with Gasteiger partial charge in [-0.05, 0) is 24.3 Å². The molecule has 0 saturated carbocycles. The Bertz CT molecular complexity index is 292. The molecule has 0 saturated heterocycles. The summed E-state index contributed by atoms with van der Waals surface area (Å²) in [6.07, 6.45) is 0.817.